The average Bonchev–Trinajstić information content (AvgIpc) is 1.72. The van der Waals surface area contributed by atoms with Crippen LogP contribution in [0.3, 0.4) is 0 Å². The van der Waals surface area contributed by atoms with Crippen LogP contribution in [0.4, 0.5) is 0 Å². The van der Waals surface area contributed by atoms with Crippen molar-refractivity contribution in [1.82, 2.24) is 0 Å². The molecule has 0 aliphatic heterocycles. The zero-order chi connectivity index (χ0) is 95.3. The van der Waals surface area contributed by atoms with Crippen LogP contribution in [0.2, 0.25) is 0 Å². The van der Waals surface area contributed by atoms with Crippen molar-refractivity contribution in [2.24, 2.45) is 0 Å². The van der Waals surface area contributed by atoms with Crippen LogP contribution < -0.4 is 0 Å². The number of hydrogen-bond donors (Lipinski definition) is 0. The van der Waals surface area contributed by atoms with Crippen molar-refractivity contribution in [2.45, 2.75) is 0 Å². The maximum Gasteiger partial charge on any atom is 0.143 e. The summed E-state index contributed by atoms with van der Waals surface area (Å²) in [4.78, 5) is 0. The second-order valence-corrected chi connectivity index (χ2v) is 38.5. The summed E-state index contributed by atoms with van der Waals surface area (Å²) in [7, 11) is 0. The summed E-state index contributed by atoms with van der Waals surface area (Å²) < 4.78 is 21.1. The Morgan fingerprint density at radius 1 is 0.0966 bits per heavy atom. The van der Waals surface area contributed by atoms with Crippen LogP contribution in [-0.2, 0) is 0 Å². The Morgan fingerprint density at radius 3 is 0.848 bits per heavy atom. The normalized spacial score (nSPS) is 11.9. The fraction of sp³-hybridized carbons (Fsp3) is 0. The first-order chi connectivity index (χ1) is 71.9. The Kier molecular flexibility index (Phi) is 19.4. The van der Waals surface area contributed by atoms with Gasteiger partial charge < -0.3 is 13.3 Å². The molecular formula is C142H86O3. The van der Waals surface area contributed by atoms with Gasteiger partial charge in [-0.25, -0.2) is 0 Å². The molecule has 0 spiro atoms. The molecule has 0 fully saturated rings. The highest BCUT2D eigenvalue weighted by Gasteiger charge is 2.28. The molecule has 26 aromatic carbocycles. The molecule has 0 saturated carbocycles. The smallest absolute Gasteiger partial charge is 0.143 e. The third-order valence-electron chi connectivity index (χ3n) is 30.5. The SMILES string of the molecule is c1ccc(-c2cc(-c3cccc(-c4ccc(-c5ccc(-c6c7ccccc7c(-c7cc(-c8ccccc8)c8oc9ccccc9c8c7)c7ccccc67)cc5)cc4)c3)c3oc4ccc(-c5c6ccccc6c(-c6cccc(-c7ccc(-c8c(-c9ccccc9)ccc9c8oc8ccc(-c%10c%11ccccc%11c(-c%11ccc(-c%12cccc%13ccccc%12%13)cc%11)c%11ccccc%10%11)cc89)cc7)c6)c6ccccc56)cc4c3c2)cc1. The predicted octanol–water partition coefficient (Wildman–Crippen LogP) is 40.5. The van der Waals surface area contributed by atoms with Gasteiger partial charge in [-0.05, 0) is 298 Å². The molecule has 29 aromatic rings. The molecule has 29 rings (SSSR count). The summed E-state index contributed by atoms with van der Waals surface area (Å²) in [5.74, 6) is 0. The minimum absolute atomic E-state index is 0.835. The van der Waals surface area contributed by atoms with Crippen molar-refractivity contribution >= 4 is 141 Å². The monoisotopic (exact) mass is 1840 g/mol. The first-order valence-corrected chi connectivity index (χ1v) is 49.9. The summed E-state index contributed by atoms with van der Waals surface area (Å²) in [6.07, 6.45) is 0. The minimum Gasteiger partial charge on any atom is -0.455 e. The lowest BCUT2D eigenvalue weighted by Gasteiger charge is -2.18. The molecule has 3 nitrogen and oxygen atoms in total. The number of rotatable bonds is 15. The van der Waals surface area contributed by atoms with E-state index in [2.05, 4.69) is 522 Å². The van der Waals surface area contributed by atoms with Crippen LogP contribution >= 0.6 is 0 Å². The predicted molar refractivity (Wildman–Crippen MR) is 612 cm³/mol. The van der Waals surface area contributed by atoms with E-state index in [9.17, 15) is 0 Å². The molecule has 0 aliphatic rings. The zero-order valence-electron chi connectivity index (χ0n) is 78.9. The van der Waals surface area contributed by atoms with E-state index in [0.29, 0.717) is 0 Å². The molecule has 3 aromatic heterocycles. The summed E-state index contributed by atoms with van der Waals surface area (Å²) in [5.41, 5.74) is 39.5. The number of furan rings is 3. The fourth-order valence-electron chi connectivity index (χ4n) is 23.8. The third-order valence-corrected chi connectivity index (χ3v) is 30.5. The van der Waals surface area contributed by atoms with Gasteiger partial charge in [-0.2, -0.15) is 0 Å². The Morgan fingerprint density at radius 2 is 0.366 bits per heavy atom. The lowest BCUT2D eigenvalue weighted by atomic mass is 9.84. The first-order valence-electron chi connectivity index (χ1n) is 49.9. The van der Waals surface area contributed by atoms with Gasteiger partial charge in [0.15, 0.2) is 0 Å². The molecular weight excluding hydrogens is 1750 g/mol. The number of para-hydroxylation sites is 1. The molecule has 145 heavy (non-hydrogen) atoms. The van der Waals surface area contributed by atoms with Gasteiger partial charge in [0.1, 0.15) is 33.5 Å². The van der Waals surface area contributed by atoms with E-state index < -0.39 is 0 Å². The molecule has 0 radical (unpaired) electrons. The molecule has 0 amide bonds. The molecule has 0 saturated heterocycles. The van der Waals surface area contributed by atoms with Gasteiger partial charge in [0, 0.05) is 49.0 Å². The summed E-state index contributed by atoms with van der Waals surface area (Å²) in [6, 6.07) is 192. The van der Waals surface area contributed by atoms with E-state index in [1.54, 1.807) is 0 Å². The first kappa shape index (κ1) is 83.0. The summed E-state index contributed by atoms with van der Waals surface area (Å²) in [5, 5.41) is 23.4. The molecule has 672 valence electrons. The number of hydrogen-bond acceptors (Lipinski definition) is 3. The second-order valence-electron chi connectivity index (χ2n) is 38.5. The van der Waals surface area contributed by atoms with Gasteiger partial charge in [-0.1, -0.05) is 449 Å². The topological polar surface area (TPSA) is 39.4 Å². The van der Waals surface area contributed by atoms with Gasteiger partial charge in [0.25, 0.3) is 0 Å². The highest BCUT2D eigenvalue weighted by atomic mass is 16.3. The minimum atomic E-state index is 0.835. The van der Waals surface area contributed by atoms with E-state index in [1.165, 1.54) is 131 Å². The van der Waals surface area contributed by atoms with Crippen LogP contribution in [0.25, 0.3) is 308 Å². The van der Waals surface area contributed by atoms with E-state index in [4.69, 9.17) is 13.3 Å². The molecule has 3 heteroatoms. The van der Waals surface area contributed by atoms with Crippen LogP contribution in [0, 0.1) is 0 Å². The Hall–Kier alpha value is -19.1. The molecule has 0 bridgehead atoms. The molecule has 3 heterocycles. The van der Waals surface area contributed by atoms with Gasteiger partial charge >= 0.3 is 0 Å². The van der Waals surface area contributed by atoms with Crippen molar-refractivity contribution in [2.75, 3.05) is 0 Å². The van der Waals surface area contributed by atoms with E-state index in [1.807, 2.05) is 0 Å². The molecule has 0 aliphatic carbocycles. The fourth-order valence-corrected chi connectivity index (χ4v) is 23.8. The second kappa shape index (κ2) is 33.9. The van der Waals surface area contributed by atoms with E-state index in [0.717, 1.165) is 177 Å². The highest BCUT2D eigenvalue weighted by Crippen LogP contribution is 2.54. The molecule has 0 atom stereocenters. The van der Waals surface area contributed by atoms with Crippen molar-refractivity contribution in [3.8, 4) is 167 Å². The zero-order valence-corrected chi connectivity index (χ0v) is 78.9. The van der Waals surface area contributed by atoms with Crippen molar-refractivity contribution < 1.29 is 13.3 Å². The van der Waals surface area contributed by atoms with Crippen molar-refractivity contribution in [3.05, 3.63) is 522 Å². The third kappa shape index (κ3) is 13.8. The maximum atomic E-state index is 7.23. The lowest BCUT2D eigenvalue weighted by molar-refractivity contribution is 0.669. The van der Waals surface area contributed by atoms with Crippen LogP contribution in [0.5, 0.6) is 0 Å². The van der Waals surface area contributed by atoms with Crippen LogP contribution in [0.15, 0.2) is 535 Å². The highest BCUT2D eigenvalue weighted by molar-refractivity contribution is 6.27. The Balaban J connectivity index is 0.477. The molecule has 0 N–H and O–H groups in total. The van der Waals surface area contributed by atoms with E-state index >= 15 is 0 Å². The van der Waals surface area contributed by atoms with Gasteiger partial charge in [0.2, 0.25) is 0 Å². The number of benzene rings is 26. The van der Waals surface area contributed by atoms with Crippen molar-refractivity contribution in [3.63, 3.8) is 0 Å². The van der Waals surface area contributed by atoms with Crippen molar-refractivity contribution in [1.29, 1.82) is 0 Å². The lowest BCUT2D eigenvalue weighted by Crippen LogP contribution is -1.92. The largest absolute Gasteiger partial charge is 0.455 e. The van der Waals surface area contributed by atoms with E-state index in [-0.39, 0.29) is 0 Å². The Bertz CT molecular complexity index is 10200. The standard InChI is InChI=1S/C142H86O3/c1-4-29-87(30-5-1)105-83-125(101-39-26-37-99(79-101)90-59-57-88(58-60-90)89-61-67-96(68-62-89)133-113-45-14-22-53-121(113)138(122-54-23-15-46-114(122)133)106-85-124(94-33-8-3-9-34-94)140-128(86-106)110-42-24-25-56-130(110)143-140)141-129(84-105)127-82-104(74-78-132(127)144-141)137-119-51-20-18-49-117(119)135(118-50-19-21-52-120(118)137)102-40-27-38-100(80-102)91-63-69-98(70-64-91)139-109(93-31-6-2-7-32-93)75-76-123-126-81-103(73-77-131(126)145-142(123)139)136-115-47-16-12-43-111(115)134(112-44-13-17-48-116(112)136)97-71-65-95(66-72-97)108-55-28-36-92-35-10-11-41-107(92)108/h1-86H. The summed E-state index contributed by atoms with van der Waals surface area (Å²) >= 11 is 0. The van der Waals surface area contributed by atoms with Gasteiger partial charge in [0.05, 0.1) is 0 Å². The Labute approximate surface area is 837 Å². The van der Waals surface area contributed by atoms with Gasteiger partial charge in [-0.15, -0.1) is 0 Å². The average molecular weight is 1840 g/mol. The van der Waals surface area contributed by atoms with Crippen LogP contribution in [0.1, 0.15) is 0 Å². The number of fused-ring (bicyclic) bond motifs is 16. The summed E-state index contributed by atoms with van der Waals surface area (Å²) in [6.45, 7) is 0. The maximum absolute atomic E-state index is 7.23. The van der Waals surface area contributed by atoms with Gasteiger partial charge in [-0.3, -0.25) is 0 Å². The quantitative estimate of drug-likeness (QED) is 0.0961. The molecule has 0 unspecified atom stereocenters. The van der Waals surface area contributed by atoms with Crippen LogP contribution in [-0.4, -0.2) is 0 Å².